The zero-order chi connectivity index (χ0) is 20.3. The van der Waals surface area contributed by atoms with Gasteiger partial charge in [0.2, 0.25) is 0 Å². The Kier molecular flexibility index (Phi) is 12.5. The van der Waals surface area contributed by atoms with E-state index in [2.05, 4.69) is 4.52 Å². The molecule has 26 heavy (non-hydrogen) atoms. The second-order valence-electron chi connectivity index (χ2n) is 5.32. The number of phosphoric ester groups is 1. The summed E-state index contributed by atoms with van der Waals surface area (Å²) in [5.41, 5.74) is 0. The predicted molar refractivity (Wildman–Crippen MR) is 91.1 cm³/mol. The minimum Gasteiger partial charge on any atom is -0.307 e. The van der Waals surface area contributed by atoms with Crippen molar-refractivity contribution < 1.29 is 44.9 Å². The highest BCUT2D eigenvalue weighted by Crippen LogP contribution is 2.65. The molecule has 0 aromatic heterocycles. The lowest BCUT2D eigenvalue weighted by molar-refractivity contribution is -0.180. The van der Waals surface area contributed by atoms with Crippen LogP contribution in [0.25, 0.3) is 0 Å². The maximum absolute atomic E-state index is 13.6. The van der Waals surface area contributed by atoms with Crippen LogP contribution < -0.4 is 0 Å². The van der Waals surface area contributed by atoms with E-state index in [4.69, 9.17) is 18.1 Å². The van der Waals surface area contributed by atoms with Crippen LogP contribution in [0.3, 0.4) is 0 Å². The van der Waals surface area contributed by atoms with E-state index in [-0.39, 0.29) is 26.4 Å². The van der Waals surface area contributed by atoms with E-state index in [0.29, 0.717) is 25.7 Å². The summed E-state index contributed by atoms with van der Waals surface area (Å²) in [6, 6.07) is 0. The van der Waals surface area contributed by atoms with Gasteiger partial charge in [-0.05, 0) is 25.7 Å². The molecule has 0 bridgehead atoms. The van der Waals surface area contributed by atoms with Gasteiger partial charge in [-0.25, -0.2) is 4.57 Å². The highest BCUT2D eigenvalue weighted by molar-refractivity contribution is 7.56. The molecule has 0 rings (SSSR count). The molecule has 0 fully saturated rings. The molecule has 0 aliphatic carbocycles. The highest BCUT2D eigenvalue weighted by atomic mass is 31.2. The quantitative estimate of drug-likeness (QED) is 0.301. The first kappa shape index (κ1) is 26.1. The number of rotatable bonds is 15. The fraction of sp³-hybridized carbons (Fsp3) is 1.00. The van der Waals surface area contributed by atoms with Crippen molar-refractivity contribution >= 4 is 15.4 Å². The summed E-state index contributed by atoms with van der Waals surface area (Å²) >= 11 is 0. The number of phosphoric acid groups is 1. The molecule has 12 heteroatoms. The number of hydrogen-bond acceptors (Lipinski definition) is 7. The van der Waals surface area contributed by atoms with E-state index < -0.39 is 27.4 Å². The summed E-state index contributed by atoms with van der Waals surface area (Å²) in [5, 5.41) is 0. The first-order chi connectivity index (χ1) is 12.1. The molecule has 0 aliphatic rings. The minimum absolute atomic E-state index is 0.151. The Labute approximate surface area is 153 Å². The molecular weight excluding hydrogens is 399 g/mol. The summed E-state index contributed by atoms with van der Waals surface area (Å²) in [5.74, 6) is -3.08. The van der Waals surface area contributed by atoms with E-state index >= 15 is 0 Å². The van der Waals surface area contributed by atoms with Crippen LogP contribution in [0.15, 0.2) is 0 Å². The van der Waals surface area contributed by atoms with Gasteiger partial charge in [-0.2, -0.15) is 13.2 Å². The fourth-order valence-electron chi connectivity index (χ4n) is 1.53. The van der Waals surface area contributed by atoms with Gasteiger partial charge in [0.15, 0.2) is 0 Å². The maximum Gasteiger partial charge on any atom is 0.476 e. The summed E-state index contributed by atoms with van der Waals surface area (Å²) in [6.45, 7) is 5.82. The average Bonchev–Trinajstić information content (AvgIpc) is 2.58. The minimum atomic E-state index is -5.17. The smallest absolute Gasteiger partial charge is 0.307 e. The van der Waals surface area contributed by atoms with Crippen LogP contribution in [0.5, 0.6) is 0 Å². The number of halogens is 3. The zero-order valence-corrected chi connectivity index (χ0v) is 17.4. The van der Waals surface area contributed by atoms with Crippen molar-refractivity contribution in [3.63, 3.8) is 0 Å². The summed E-state index contributed by atoms with van der Waals surface area (Å²) in [7, 11) is -9.44. The van der Waals surface area contributed by atoms with Crippen molar-refractivity contribution in [2.24, 2.45) is 0 Å². The van der Waals surface area contributed by atoms with Crippen LogP contribution in [0, 0.1) is 0 Å². The molecule has 0 aromatic carbocycles. The average molecular weight is 428 g/mol. The van der Waals surface area contributed by atoms with Crippen LogP contribution in [-0.2, 0) is 31.7 Å². The zero-order valence-electron chi connectivity index (χ0n) is 15.6. The summed E-state index contributed by atoms with van der Waals surface area (Å²) < 4.78 is 90.2. The molecule has 0 heterocycles. The monoisotopic (exact) mass is 428 g/mol. The number of hydrogen-bond donors (Lipinski definition) is 0. The van der Waals surface area contributed by atoms with Crippen LogP contribution in [0.4, 0.5) is 13.2 Å². The molecule has 158 valence electrons. The Morgan fingerprint density at radius 1 is 0.731 bits per heavy atom. The molecule has 0 amide bonds. The van der Waals surface area contributed by atoms with E-state index in [9.17, 15) is 22.3 Å². The molecule has 7 nitrogen and oxygen atoms in total. The van der Waals surface area contributed by atoms with Gasteiger partial charge in [0.1, 0.15) is 0 Å². The van der Waals surface area contributed by atoms with E-state index in [1.165, 1.54) is 0 Å². The molecule has 0 aromatic rings. The molecule has 0 saturated carbocycles. The van der Waals surface area contributed by atoms with Crippen molar-refractivity contribution in [1.82, 2.24) is 0 Å². The molecule has 0 N–H and O–H groups in total. The van der Waals surface area contributed by atoms with E-state index in [0.717, 1.165) is 0 Å². The summed E-state index contributed by atoms with van der Waals surface area (Å²) in [6.07, 6.45) is -3.82. The molecule has 0 spiro atoms. The lowest BCUT2D eigenvalue weighted by atomic mass is 10.5. The predicted octanol–water partition coefficient (Wildman–Crippen LogP) is 5.90. The maximum atomic E-state index is 13.6. The van der Waals surface area contributed by atoms with Gasteiger partial charge in [-0.1, -0.05) is 27.7 Å². The Morgan fingerprint density at radius 2 is 1.08 bits per heavy atom. The topological polar surface area (TPSA) is 80.3 Å². The second kappa shape index (κ2) is 12.5. The van der Waals surface area contributed by atoms with E-state index in [1.54, 1.807) is 27.7 Å². The SMILES string of the molecule is CCCOP(=O)(OCCC)OC(C(F)(F)F)P(=O)(OCCC)OCCC. The Bertz CT molecular complexity index is 450. The van der Waals surface area contributed by atoms with Crippen LogP contribution in [0.1, 0.15) is 53.4 Å². The first-order valence-corrected chi connectivity index (χ1v) is 11.7. The number of alkyl halides is 3. The summed E-state index contributed by atoms with van der Waals surface area (Å²) in [4.78, 5) is 0. The largest absolute Gasteiger partial charge is 0.476 e. The molecular formula is C14H29F3O7P2. The van der Waals surface area contributed by atoms with Gasteiger partial charge in [0.05, 0.1) is 26.4 Å². The molecule has 0 radical (unpaired) electrons. The van der Waals surface area contributed by atoms with Gasteiger partial charge in [0, 0.05) is 0 Å². The Hall–Kier alpha value is 0.0500. The third-order valence-corrected chi connectivity index (χ3v) is 6.34. The van der Waals surface area contributed by atoms with Gasteiger partial charge < -0.3 is 9.05 Å². The molecule has 1 atom stereocenters. The van der Waals surface area contributed by atoms with Crippen LogP contribution >= 0.6 is 15.4 Å². The third kappa shape index (κ3) is 9.31. The van der Waals surface area contributed by atoms with Crippen LogP contribution in [-0.4, -0.2) is 38.4 Å². The normalized spacial score (nSPS) is 14.6. The second-order valence-corrected chi connectivity index (χ2v) is 9.01. The highest BCUT2D eigenvalue weighted by Gasteiger charge is 2.58. The standard InChI is InChI=1S/C14H29F3O7P2/c1-5-9-20-25(18,21-10-6-2)13(14(15,16)17)24-26(19,22-11-7-3)23-12-8-4/h13H,5-12H2,1-4H3. The third-order valence-electron chi connectivity index (χ3n) is 2.65. The molecule has 0 aliphatic heterocycles. The van der Waals surface area contributed by atoms with Gasteiger partial charge in [-0.15, -0.1) is 0 Å². The van der Waals surface area contributed by atoms with Crippen molar-refractivity contribution in [1.29, 1.82) is 0 Å². The molecule has 1 unspecified atom stereocenters. The Morgan fingerprint density at radius 3 is 1.38 bits per heavy atom. The lowest BCUT2D eigenvalue weighted by Gasteiger charge is -2.30. The van der Waals surface area contributed by atoms with Crippen molar-refractivity contribution in [3.8, 4) is 0 Å². The van der Waals surface area contributed by atoms with Crippen molar-refractivity contribution in [2.45, 2.75) is 65.4 Å². The molecule has 0 saturated heterocycles. The van der Waals surface area contributed by atoms with Crippen molar-refractivity contribution in [2.75, 3.05) is 26.4 Å². The Balaban J connectivity index is 5.71. The fourth-order valence-corrected chi connectivity index (χ4v) is 5.29. The lowest BCUT2D eigenvalue weighted by Crippen LogP contribution is -2.33. The van der Waals surface area contributed by atoms with Crippen molar-refractivity contribution in [3.05, 3.63) is 0 Å². The van der Waals surface area contributed by atoms with Gasteiger partial charge in [0.25, 0.3) is 5.85 Å². The van der Waals surface area contributed by atoms with Gasteiger partial charge in [-0.3, -0.25) is 18.1 Å². The van der Waals surface area contributed by atoms with Gasteiger partial charge >= 0.3 is 21.6 Å². The van der Waals surface area contributed by atoms with E-state index in [1.807, 2.05) is 0 Å². The van der Waals surface area contributed by atoms with Crippen LogP contribution in [0.2, 0.25) is 0 Å². The first-order valence-electron chi connectivity index (χ1n) is 8.61.